The van der Waals surface area contributed by atoms with Crippen molar-refractivity contribution in [3.63, 3.8) is 0 Å². The molecule has 0 aromatic heterocycles. The average molecular weight is 300 g/mol. The Kier molecular flexibility index (Phi) is 4.41. The average Bonchev–Trinajstić information content (AvgIpc) is 2.11. The SMILES string of the molecule is CC(CC(F)(F)F)NS(=O)(=O)c1c(N)cccc1F. The van der Waals surface area contributed by atoms with Crippen LogP contribution in [0.25, 0.3) is 0 Å². The monoisotopic (exact) mass is 300 g/mol. The van der Waals surface area contributed by atoms with Gasteiger partial charge < -0.3 is 5.73 Å². The first kappa shape index (κ1) is 15.7. The molecule has 19 heavy (non-hydrogen) atoms. The fourth-order valence-electron chi connectivity index (χ4n) is 1.52. The number of nitrogen functional groups attached to an aromatic ring is 1. The molecule has 0 aliphatic rings. The predicted molar refractivity (Wildman–Crippen MR) is 61.3 cm³/mol. The maximum atomic E-state index is 13.4. The number of benzene rings is 1. The van der Waals surface area contributed by atoms with Crippen LogP contribution in [0.1, 0.15) is 13.3 Å². The molecule has 0 radical (unpaired) electrons. The van der Waals surface area contributed by atoms with Crippen LogP contribution in [0, 0.1) is 5.82 Å². The molecule has 0 amide bonds. The summed E-state index contributed by atoms with van der Waals surface area (Å²) in [4.78, 5) is -0.843. The Morgan fingerprint density at radius 2 is 1.95 bits per heavy atom. The van der Waals surface area contributed by atoms with Gasteiger partial charge in [0.25, 0.3) is 0 Å². The van der Waals surface area contributed by atoms with E-state index in [-0.39, 0.29) is 5.69 Å². The second-order valence-electron chi connectivity index (χ2n) is 4.00. The molecule has 0 spiro atoms. The first-order valence-corrected chi connectivity index (χ1v) is 6.64. The Hall–Kier alpha value is -1.35. The van der Waals surface area contributed by atoms with Gasteiger partial charge in [0.05, 0.1) is 12.1 Å². The van der Waals surface area contributed by atoms with Gasteiger partial charge >= 0.3 is 6.18 Å². The summed E-state index contributed by atoms with van der Waals surface area (Å²) >= 11 is 0. The molecular formula is C10H12F4N2O2S. The molecule has 0 fully saturated rings. The summed E-state index contributed by atoms with van der Waals surface area (Å²) in [6, 6.07) is 1.78. The summed E-state index contributed by atoms with van der Waals surface area (Å²) in [5.74, 6) is -1.12. The molecule has 4 nitrogen and oxygen atoms in total. The number of nitrogens with two attached hydrogens (primary N) is 1. The lowest BCUT2D eigenvalue weighted by Gasteiger charge is -2.17. The van der Waals surface area contributed by atoms with Gasteiger partial charge in [0.2, 0.25) is 10.0 Å². The number of nitrogens with one attached hydrogen (secondary N) is 1. The van der Waals surface area contributed by atoms with Gasteiger partial charge in [0, 0.05) is 6.04 Å². The van der Waals surface area contributed by atoms with E-state index in [1.165, 1.54) is 6.07 Å². The molecule has 0 saturated carbocycles. The molecule has 0 saturated heterocycles. The van der Waals surface area contributed by atoms with Crippen molar-refractivity contribution < 1.29 is 26.0 Å². The third kappa shape index (κ3) is 4.35. The lowest BCUT2D eigenvalue weighted by atomic mass is 10.2. The van der Waals surface area contributed by atoms with Crippen molar-refractivity contribution in [1.82, 2.24) is 4.72 Å². The Morgan fingerprint density at radius 1 is 1.37 bits per heavy atom. The van der Waals surface area contributed by atoms with Crippen molar-refractivity contribution in [2.45, 2.75) is 30.5 Å². The highest BCUT2D eigenvalue weighted by molar-refractivity contribution is 7.89. The van der Waals surface area contributed by atoms with E-state index in [4.69, 9.17) is 5.73 Å². The van der Waals surface area contributed by atoms with Crippen LogP contribution in [-0.4, -0.2) is 20.6 Å². The van der Waals surface area contributed by atoms with Crippen LogP contribution in [0.2, 0.25) is 0 Å². The van der Waals surface area contributed by atoms with Crippen LogP contribution >= 0.6 is 0 Å². The summed E-state index contributed by atoms with van der Waals surface area (Å²) in [5.41, 5.74) is 4.96. The van der Waals surface area contributed by atoms with Gasteiger partial charge in [-0.25, -0.2) is 17.5 Å². The van der Waals surface area contributed by atoms with Crippen molar-refractivity contribution >= 4 is 15.7 Å². The van der Waals surface area contributed by atoms with Crippen molar-refractivity contribution in [3.8, 4) is 0 Å². The fraction of sp³-hybridized carbons (Fsp3) is 0.400. The Morgan fingerprint density at radius 3 is 2.42 bits per heavy atom. The van der Waals surface area contributed by atoms with Crippen LogP contribution < -0.4 is 10.5 Å². The summed E-state index contributed by atoms with van der Waals surface area (Å²) in [5, 5.41) is 0. The summed E-state index contributed by atoms with van der Waals surface area (Å²) in [6.07, 6.45) is -5.89. The van der Waals surface area contributed by atoms with E-state index in [0.29, 0.717) is 0 Å². The molecule has 108 valence electrons. The maximum Gasteiger partial charge on any atom is 0.390 e. The highest BCUT2D eigenvalue weighted by Crippen LogP contribution is 2.25. The van der Waals surface area contributed by atoms with Gasteiger partial charge in [-0.1, -0.05) is 6.07 Å². The lowest BCUT2D eigenvalue weighted by molar-refractivity contribution is -0.137. The molecule has 0 aliphatic carbocycles. The topological polar surface area (TPSA) is 72.2 Å². The zero-order valence-corrected chi connectivity index (χ0v) is 10.6. The molecule has 1 aromatic rings. The molecule has 0 heterocycles. The minimum absolute atomic E-state index is 0.369. The smallest absolute Gasteiger partial charge is 0.390 e. The van der Waals surface area contributed by atoms with E-state index in [2.05, 4.69) is 0 Å². The van der Waals surface area contributed by atoms with Gasteiger partial charge in [0.1, 0.15) is 10.7 Å². The summed E-state index contributed by atoms with van der Waals surface area (Å²) in [6.45, 7) is 1.03. The van der Waals surface area contributed by atoms with E-state index in [1.54, 1.807) is 4.72 Å². The normalized spacial score (nSPS) is 14.4. The first-order valence-electron chi connectivity index (χ1n) is 5.16. The van der Waals surface area contributed by atoms with E-state index in [0.717, 1.165) is 19.1 Å². The number of hydrogen-bond acceptors (Lipinski definition) is 3. The Balaban J connectivity index is 3.00. The van der Waals surface area contributed by atoms with E-state index < -0.39 is 39.4 Å². The number of anilines is 1. The molecule has 3 N–H and O–H groups in total. The Labute approximate surface area is 107 Å². The van der Waals surface area contributed by atoms with Gasteiger partial charge in [-0.15, -0.1) is 0 Å². The molecule has 1 rings (SSSR count). The molecule has 0 aliphatic heterocycles. The second kappa shape index (κ2) is 5.33. The quantitative estimate of drug-likeness (QED) is 0.660. The van der Waals surface area contributed by atoms with Crippen molar-refractivity contribution in [2.24, 2.45) is 0 Å². The molecule has 1 unspecified atom stereocenters. The van der Waals surface area contributed by atoms with Gasteiger partial charge in [-0.3, -0.25) is 0 Å². The molecule has 9 heteroatoms. The maximum absolute atomic E-state index is 13.4. The number of alkyl halides is 3. The van der Waals surface area contributed by atoms with Gasteiger partial charge in [0.15, 0.2) is 0 Å². The summed E-state index contributed by atoms with van der Waals surface area (Å²) < 4.78 is 75.0. The zero-order chi connectivity index (χ0) is 14.8. The van der Waals surface area contributed by atoms with Crippen LogP contribution in [0.3, 0.4) is 0 Å². The molecular weight excluding hydrogens is 288 g/mol. The molecule has 1 aromatic carbocycles. The van der Waals surface area contributed by atoms with Gasteiger partial charge in [-0.05, 0) is 19.1 Å². The number of hydrogen-bond donors (Lipinski definition) is 2. The summed E-state index contributed by atoms with van der Waals surface area (Å²) in [7, 11) is -4.44. The standard InChI is InChI=1S/C10H12F4N2O2S/c1-6(5-10(12,13)14)16-19(17,18)9-7(11)3-2-4-8(9)15/h2-4,6,16H,5,15H2,1H3. The minimum atomic E-state index is -4.53. The van der Waals surface area contributed by atoms with Crippen LogP contribution in [0.4, 0.5) is 23.2 Å². The van der Waals surface area contributed by atoms with Crippen molar-refractivity contribution in [2.75, 3.05) is 5.73 Å². The van der Waals surface area contributed by atoms with Gasteiger partial charge in [-0.2, -0.15) is 13.2 Å². The van der Waals surface area contributed by atoms with Crippen molar-refractivity contribution in [3.05, 3.63) is 24.0 Å². The lowest BCUT2D eigenvalue weighted by Crippen LogP contribution is -2.36. The number of halogens is 4. The largest absolute Gasteiger partial charge is 0.398 e. The third-order valence-corrected chi connectivity index (χ3v) is 3.84. The van der Waals surface area contributed by atoms with Crippen LogP contribution in [0.5, 0.6) is 0 Å². The molecule has 1 atom stereocenters. The predicted octanol–water partition coefficient (Wildman–Crippen LogP) is 2.03. The Bertz CT molecular complexity index is 537. The van der Waals surface area contributed by atoms with Crippen LogP contribution in [0.15, 0.2) is 23.1 Å². The third-order valence-electron chi connectivity index (χ3n) is 2.16. The van der Waals surface area contributed by atoms with E-state index >= 15 is 0 Å². The van der Waals surface area contributed by atoms with Crippen molar-refractivity contribution in [1.29, 1.82) is 0 Å². The highest BCUT2D eigenvalue weighted by Gasteiger charge is 2.33. The number of sulfonamides is 1. The zero-order valence-electron chi connectivity index (χ0n) is 9.83. The minimum Gasteiger partial charge on any atom is -0.398 e. The van der Waals surface area contributed by atoms with E-state index in [1.807, 2.05) is 0 Å². The molecule has 0 bridgehead atoms. The first-order chi connectivity index (χ1) is 8.53. The van der Waals surface area contributed by atoms with E-state index in [9.17, 15) is 26.0 Å². The fourth-order valence-corrected chi connectivity index (χ4v) is 2.96. The number of rotatable bonds is 4. The second-order valence-corrected chi connectivity index (χ2v) is 5.65. The highest BCUT2D eigenvalue weighted by atomic mass is 32.2. The van der Waals surface area contributed by atoms with Crippen LogP contribution in [-0.2, 0) is 10.0 Å².